The van der Waals surface area contributed by atoms with Crippen LogP contribution in [0.3, 0.4) is 0 Å². The fourth-order valence-electron chi connectivity index (χ4n) is 3.42. The van der Waals surface area contributed by atoms with Gasteiger partial charge in [-0.3, -0.25) is 4.79 Å². The third-order valence-corrected chi connectivity index (χ3v) is 5.04. The molecule has 0 bridgehead atoms. The number of benzene rings is 1. The lowest BCUT2D eigenvalue weighted by Crippen LogP contribution is -2.42. The Kier molecular flexibility index (Phi) is 3.13. The zero-order valence-corrected chi connectivity index (χ0v) is 14.0. The SMILES string of the molecule is C[C@@H](C(=O)N1CCn2c(nnc2C2CC2)C1)n1nc2ccccc2n1. The molecule has 1 aliphatic heterocycles. The van der Waals surface area contributed by atoms with E-state index >= 15 is 0 Å². The maximum Gasteiger partial charge on any atom is 0.249 e. The minimum absolute atomic E-state index is 0.0162. The van der Waals surface area contributed by atoms with E-state index in [4.69, 9.17) is 0 Å². The Morgan fingerprint density at radius 1 is 1.12 bits per heavy atom. The van der Waals surface area contributed by atoms with Crippen LogP contribution >= 0.6 is 0 Å². The molecule has 8 heteroatoms. The van der Waals surface area contributed by atoms with E-state index in [1.54, 1.807) is 0 Å². The van der Waals surface area contributed by atoms with Crippen molar-refractivity contribution in [3.63, 3.8) is 0 Å². The molecule has 1 aromatic carbocycles. The maximum atomic E-state index is 12.9. The van der Waals surface area contributed by atoms with Gasteiger partial charge in [-0.05, 0) is 31.9 Å². The molecule has 1 atom stereocenters. The number of carbonyl (C=O) groups excluding carboxylic acids is 1. The van der Waals surface area contributed by atoms with Gasteiger partial charge in [0.2, 0.25) is 5.91 Å². The van der Waals surface area contributed by atoms with Gasteiger partial charge in [-0.25, -0.2) is 0 Å². The maximum absolute atomic E-state index is 12.9. The molecule has 1 amide bonds. The number of rotatable bonds is 3. The van der Waals surface area contributed by atoms with Gasteiger partial charge in [0.05, 0.1) is 6.54 Å². The van der Waals surface area contributed by atoms with Crippen LogP contribution in [0.5, 0.6) is 0 Å². The summed E-state index contributed by atoms with van der Waals surface area (Å²) >= 11 is 0. The Hall–Kier alpha value is -2.77. The van der Waals surface area contributed by atoms with Gasteiger partial charge < -0.3 is 9.47 Å². The summed E-state index contributed by atoms with van der Waals surface area (Å²) in [5.41, 5.74) is 1.60. The van der Waals surface area contributed by atoms with E-state index in [-0.39, 0.29) is 5.91 Å². The molecular weight excluding hydrogens is 318 g/mol. The van der Waals surface area contributed by atoms with Crippen molar-refractivity contribution in [3.8, 4) is 0 Å². The second-order valence-electron chi connectivity index (χ2n) is 6.85. The number of carbonyl (C=O) groups is 1. The summed E-state index contributed by atoms with van der Waals surface area (Å²) in [4.78, 5) is 16.3. The van der Waals surface area contributed by atoms with Crippen molar-refractivity contribution in [2.24, 2.45) is 0 Å². The first kappa shape index (κ1) is 14.6. The highest BCUT2D eigenvalue weighted by Gasteiger charge is 2.34. The smallest absolute Gasteiger partial charge is 0.249 e. The molecule has 0 spiro atoms. The van der Waals surface area contributed by atoms with Crippen LogP contribution in [0.1, 0.15) is 43.4 Å². The van der Waals surface area contributed by atoms with Gasteiger partial charge in [0.15, 0.2) is 5.82 Å². The number of hydrogen-bond acceptors (Lipinski definition) is 5. The summed E-state index contributed by atoms with van der Waals surface area (Å²) in [5, 5.41) is 17.5. The van der Waals surface area contributed by atoms with Crippen LogP contribution in [0.25, 0.3) is 11.0 Å². The molecule has 25 heavy (non-hydrogen) atoms. The van der Waals surface area contributed by atoms with Crippen LogP contribution in [0.2, 0.25) is 0 Å². The molecule has 1 fully saturated rings. The standard InChI is InChI=1S/C17H19N7O/c1-11(24-20-13-4-2-3-5-14(13)21-24)17(25)22-8-9-23-15(10-22)18-19-16(23)12-6-7-12/h2-5,11-12H,6-10H2,1H3/t11-/m0/s1. The Morgan fingerprint density at radius 2 is 1.84 bits per heavy atom. The van der Waals surface area contributed by atoms with E-state index in [9.17, 15) is 4.79 Å². The average Bonchev–Trinajstić information content (AvgIpc) is 3.25. The lowest BCUT2D eigenvalue weighted by Gasteiger charge is -2.29. The van der Waals surface area contributed by atoms with E-state index < -0.39 is 6.04 Å². The van der Waals surface area contributed by atoms with Crippen molar-refractivity contribution in [1.82, 2.24) is 34.7 Å². The van der Waals surface area contributed by atoms with E-state index in [0.717, 1.165) is 29.2 Å². The lowest BCUT2D eigenvalue weighted by molar-refractivity contribution is -0.136. The Labute approximate surface area is 144 Å². The van der Waals surface area contributed by atoms with E-state index in [2.05, 4.69) is 25.0 Å². The van der Waals surface area contributed by atoms with E-state index in [0.29, 0.717) is 19.0 Å². The van der Waals surface area contributed by atoms with Gasteiger partial charge in [0, 0.05) is 19.0 Å². The van der Waals surface area contributed by atoms with Crippen molar-refractivity contribution in [3.05, 3.63) is 35.9 Å². The van der Waals surface area contributed by atoms with Gasteiger partial charge in [-0.15, -0.1) is 10.2 Å². The average molecular weight is 337 g/mol. The molecule has 3 aromatic rings. The summed E-state index contributed by atoms with van der Waals surface area (Å²) in [6.45, 7) is 3.79. The number of aromatic nitrogens is 6. The zero-order valence-electron chi connectivity index (χ0n) is 14.0. The predicted octanol–water partition coefficient (Wildman–Crippen LogP) is 1.50. The predicted molar refractivity (Wildman–Crippen MR) is 89.7 cm³/mol. The monoisotopic (exact) mass is 337 g/mol. The highest BCUT2D eigenvalue weighted by atomic mass is 16.2. The minimum Gasteiger partial charge on any atom is -0.331 e. The first-order valence-electron chi connectivity index (χ1n) is 8.73. The van der Waals surface area contributed by atoms with Crippen LogP contribution in [0, 0.1) is 0 Å². The van der Waals surface area contributed by atoms with Crippen molar-refractivity contribution in [2.45, 2.75) is 44.8 Å². The van der Waals surface area contributed by atoms with Crippen LogP contribution in [-0.4, -0.2) is 47.1 Å². The molecule has 1 saturated carbocycles. The second kappa shape index (κ2) is 5.37. The molecular formula is C17H19N7O. The fourth-order valence-corrected chi connectivity index (χ4v) is 3.42. The molecule has 2 aliphatic rings. The zero-order chi connectivity index (χ0) is 17.0. The van der Waals surface area contributed by atoms with Crippen molar-refractivity contribution in [1.29, 1.82) is 0 Å². The van der Waals surface area contributed by atoms with Crippen LogP contribution in [0.15, 0.2) is 24.3 Å². The Balaban J connectivity index is 1.36. The molecule has 0 radical (unpaired) electrons. The van der Waals surface area contributed by atoms with Crippen LogP contribution < -0.4 is 0 Å². The second-order valence-corrected chi connectivity index (χ2v) is 6.85. The molecule has 0 saturated heterocycles. The van der Waals surface area contributed by atoms with Gasteiger partial charge in [0.25, 0.3) is 0 Å². The molecule has 2 aromatic heterocycles. The van der Waals surface area contributed by atoms with Gasteiger partial charge in [-0.1, -0.05) is 12.1 Å². The number of nitrogens with zero attached hydrogens (tertiary/aromatic N) is 7. The summed E-state index contributed by atoms with van der Waals surface area (Å²) in [6, 6.07) is 7.20. The minimum atomic E-state index is -0.440. The molecule has 1 aliphatic carbocycles. The van der Waals surface area contributed by atoms with Crippen LogP contribution in [-0.2, 0) is 17.9 Å². The lowest BCUT2D eigenvalue weighted by atomic mass is 10.2. The molecule has 8 nitrogen and oxygen atoms in total. The summed E-state index contributed by atoms with van der Waals surface area (Å²) in [5.74, 6) is 2.56. The highest BCUT2D eigenvalue weighted by molar-refractivity contribution is 5.80. The molecule has 3 heterocycles. The van der Waals surface area contributed by atoms with E-state index in [1.165, 1.54) is 17.6 Å². The third kappa shape index (κ3) is 2.40. The number of amides is 1. The first-order valence-corrected chi connectivity index (χ1v) is 8.73. The molecule has 0 unspecified atom stereocenters. The highest BCUT2D eigenvalue weighted by Crippen LogP contribution is 2.39. The third-order valence-electron chi connectivity index (χ3n) is 5.04. The summed E-state index contributed by atoms with van der Waals surface area (Å²) in [7, 11) is 0. The Morgan fingerprint density at radius 3 is 2.52 bits per heavy atom. The normalized spacial score (nSPS) is 18.4. The number of fused-ring (bicyclic) bond motifs is 2. The largest absolute Gasteiger partial charge is 0.331 e. The molecule has 0 N–H and O–H groups in total. The van der Waals surface area contributed by atoms with Crippen molar-refractivity contribution >= 4 is 16.9 Å². The van der Waals surface area contributed by atoms with Crippen molar-refractivity contribution in [2.75, 3.05) is 6.54 Å². The summed E-state index contributed by atoms with van der Waals surface area (Å²) in [6.07, 6.45) is 2.41. The van der Waals surface area contributed by atoms with E-state index in [1.807, 2.05) is 36.1 Å². The summed E-state index contributed by atoms with van der Waals surface area (Å²) < 4.78 is 2.19. The Bertz CT molecular complexity index is 922. The first-order chi connectivity index (χ1) is 12.2. The van der Waals surface area contributed by atoms with Crippen LogP contribution in [0.4, 0.5) is 0 Å². The van der Waals surface area contributed by atoms with Gasteiger partial charge in [-0.2, -0.15) is 15.0 Å². The van der Waals surface area contributed by atoms with Gasteiger partial charge >= 0.3 is 0 Å². The fraction of sp³-hybridized carbons (Fsp3) is 0.471. The topological polar surface area (TPSA) is 81.7 Å². The quantitative estimate of drug-likeness (QED) is 0.723. The number of hydrogen-bond donors (Lipinski definition) is 0. The van der Waals surface area contributed by atoms with Crippen molar-refractivity contribution < 1.29 is 4.79 Å². The molecule has 128 valence electrons. The molecule has 5 rings (SSSR count). The van der Waals surface area contributed by atoms with Gasteiger partial charge in [0.1, 0.15) is 22.9 Å².